The van der Waals surface area contributed by atoms with Gasteiger partial charge >= 0.3 is 68.5 Å². The van der Waals surface area contributed by atoms with Gasteiger partial charge in [-0.25, -0.2) is 0 Å². The van der Waals surface area contributed by atoms with E-state index < -0.39 is 0 Å². The molecule has 0 unspecified atom stereocenters. The maximum absolute atomic E-state index is 6.88. The quantitative estimate of drug-likeness (QED) is 0.341. The molecule has 0 radical (unpaired) electrons. The summed E-state index contributed by atoms with van der Waals surface area (Å²) in [5, 5.41) is 13.8. The summed E-state index contributed by atoms with van der Waals surface area (Å²) in [6.45, 7) is 0. The number of nitrogens with zero attached hydrogens (tertiary/aromatic N) is 1. The van der Waals surface area contributed by atoms with Gasteiger partial charge in [-0.15, -0.1) is 0 Å². The SMILES string of the molecule is N#CO.[KH].[SeH2]. The van der Waals surface area contributed by atoms with Crippen LogP contribution in [0.2, 0.25) is 0 Å². The molecule has 0 rings (SSSR count). The van der Waals surface area contributed by atoms with E-state index in [1.165, 1.54) is 0 Å². The Bertz CT molecular complexity index is 33.1. The van der Waals surface area contributed by atoms with Crippen LogP contribution in [0.5, 0.6) is 0 Å². The molecule has 0 amide bonds. The van der Waals surface area contributed by atoms with Crippen LogP contribution in [-0.2, 0) is 0 Å². The maximum atomic E-state index is 6.88. The summed E-state index contributed by atoms with van der Waals surface area (Å²) >= 11 is 0. The first-order valence-corrected chi connectivity index (χ1v) is 0.447. The van der Waals surface area contributed by atoms with Crippen LogP contribution in [0.4, 0.5) is 0 Å². The second kappa shape index (κ2) is 18.0. The van der Waals surface area contributed by atoms with E-state index in [1.54, 1.807) is 0 Å². The molecule has 0 aromatic carbocycles. The Balaban J connectivity index is -0.0000000200. The van der Waals surface area contributed by atoms with E-state index in [1.807, 2.05) is 0 Å². The van der Waals surface area contributed by atoms with Crippen molar-refractivity contribution >= 4 is 68.5 Å². The Morgan fingerprint density at radius 2 is 1.60 bits per heavy atom. The Kier molecular flexibility index (Phi) is 57.9. The Morgan fingerprint density at radius 1 is 1.60 bits per heavy atom. The molecule has 0 heterocycles. The average Bonchev–Trinajstić information content (AvgIpc) is 0.918. The van der Waals surface area contributed by atoms with Gasteiger partial charge in [-0.1, -0.05) is 0 Å². The fourth-order valence-corrected chi connectivity index (χ4v) is 0. The van der Waals surface area contributed by atoms with Crippen LogP contribution >= 0.6 is 0 Å². The van der Waals surface area contributed by atoms with Gasteiger partial charge in [0.05, 0.1) is 0 Å². The third kappa shape index (κ3) is 30.9. The van der Waals surface area contributed by atoms with Crippen molar-refractivity contribution in [3.8, 4) is 6.26 Å². The van der Waals surface area contributed by atoms with Crippen molar-refractivity contribution in [1.82, 2.24) is 0 Å². The molecule has 0 aromatic heterocycles. The first-order chi connectivity index (χ1) is 1.41. The van der Waals surface area contributed by atoms with Gasteiger partial charge in [0.15, 0.2) is 0 Å². The van der Waals surface area contributed by atoms with Gasteiger partial charge in [0.1, 0.15) is 0 Å². The van der Waals surface area contributed by atoms with Crippen LogP contribution in [0, 0.1) is 11.5 Å². The van der Waals surface area contributed by atoms with Crippen molar-refractivity contribution in [2.24, 2.45) is 0 Å². The monoisotopic (exact) mass is 165 g/mol. The van der Waals surface area contributed by atoms with Gasteiger partial charge in [-0.2, -0.15) is 5.26 Å². The minimum absolute atomic E-state index is 0. The first kappa shape index (κ1) is 16.1. The molecule has 1 N–H and O–H groups in total. The summed E-state index contributed by atoms with van der Waals surface area (Å²) < 4.78 is 0. The minimum atomic E-state index is 0. The van der Waals surface area contributed by atoms with E-state index in [2.05, 4.69) is 0 Å². The number of hydrogen-bond acceptors (Lipinski definition) is 2. The third-order valence-corrected chi connectivity index (χ3v) is 0. The van der Waals surface area contributed by atoms with Crippen LogP contribution in [0.3, 0.4) is 0 Å². The molecule has 0 aliphatic carbocycles. The van der Waals surface area contributed by atoms with Gasteiger partial charge in [0.25, 0.3) is 6.26 Å². The molecule has 0 spiro atoms. The van der Waals surface area contributed by atoms with Gasteiger partial charge < -0.3 is 5.11 Å². The van der Waals surface area contributed by atoms with Gasteiger partial charge in [0.2, 0.25) is 0 Å². The summed E-state index contributed by atoms with van der Waals surface area (Å²) in [6.07, 6.45) is 0.750. The molecule has 0 bridgehead atoms. The van der Waals surface area contributed by atoms with Gasteiger partial charge in [-0.05, 0) is 0 Å². The average molecular weight is 164 g/mol. The summed E-state index contributed by atoms with van der Waals surface area (Å²) in [6, 6.07) is 0. The van der Waals surface area contributed by atoms with E-state index in [0.29, 0.717) is 0 Å². The van der Waals surface area contributed by atoms with Crippen molar-refractivity contribution < 1.29 is 5.11 Å². The summed E-state index contributed by atoms with van der Waals surface area (Å²) in [7, 11) is 0. The van der Waals surface area contributed by atoms with Crippen molar-refractivity contribution in [3.05, 3.63) is 0 Å². The summed E-state index contributed by atoms with van der Waals surface area (Å²) in [5.74, 6) is 0. The van der Waals surface area contributed by atoms with Crippen molar-refractivity contribution in [2.75, 3.05) is 0 Å². The van der Waals surface area contributed by atoms with Crippen molar-refractivity contribution in [3.63, 3.8) is 0 Å². The molecule has 0 aliphatic rings. The van der Waals surface area contributed by atoms with E-state index in [-0.39, 0.29) is 68.5 Å². The normalized spacial score (nSPS) is 1.40. The van der Waals surface area contributed by atoms with Crippen LogP contribution < -0.4 is 0 Å². The molecule has 0 aliphatic heterocycles. The predicted molar refractivity (Wildman–Crippen MR) is 23.2 cm³/mol. The van der Waals surface area contributed by atoms with E-state index >= 15 is 0 Å². The number of aliphatic hydroxyl groups is 1. The number of aliphatic hydroxyl groups excluding tert-OH is 1. The van der Waals surface area contributed by atoms with Crippen LogP contribution in [0.15, 0.2) is 0 Å². The molecule has 26 valence electrons. The number of rotatable bonds is 0. The van der Waals surface area contributed by atoms with Crippen LogP contribution in [-0.4, -0.2) is 73.6 Å². The van der Waals surface area contributed by atoms with Crippen molar-refractivity contribution in [2.45, 2.75) is 0 Å². The first-order valence-electron chi connectivity index (χ1n) is 0.447. The summed E-state index contributed by atoms with van der Waals surface area (Å²) in [4.78, 5) is 0. The zero-order valence-electron chi connectivity index (χ0n) is 1.89. The third-order valence-electron chi connectivity index (χ3n) is 0. The molecule has 0 fully saturated rings. The summed E-state index contributed by atoms with van der Waals surface area (Å²) in [5.41, 5.74) is 0. The van der Waals surface area contributed by atoms with Gasteiger partial charge in [0, 0.05) is 0 Å². The van der Waals surface area contributed by atoms with E-state index in [4.69, 9.17) is 10.4 Å². The fourth-order valence-electron chi connectivity index (χ4n) is 0. The second-order valence-corrected chi connectivity index (χ2v) is 0.100. The van der Waals surface area contributed by atoms with E-state index in [0.717, 1.165) is 6.26 Å². The molecule has 4 heteroatoms. The molecule has 5 heavy (non-hydrogen) atoms. The zero-order chi connectivity index (χ0) is 2.71. The van der Waals surface area contributed by atoms with Crippen LogP contribution in [0.25, 0.3) is 0 Å². The van der Waals surface area contributed by atoms with Crippen LogP contribution in [0.1, 0.15) is 0 Å². The van der Waals surface area contributed by atoms with Crippen molar-refractivity contribution in [1.29, 1.82) is 5.26 Å². The Morgan fingerprint density at radius 3 is 1.60 bits per heavy atom. The Labute approximate surface area is 83.4 Å². The molecule has 0 aromatic rings. The molecular formula is CH4KNOSe. The molecular weight excluding hydrogens is 160 g/mol. The predicted octanol–water partition coefficient (Wildman–Crippen LogP) is -1.72. The topological polar surface area (TPSA) is 44.0 Å². The molecule has 2 nitrogen and oxygen atoms in total. The number of hydrogen-bond donors (Lipinski definition) is 1. The second-order valence-electron chi connectivity index (χ2n) is 0.100. The molecule has 0 saturated carbocycles. The fraction of sp³-hybridized carbons (Fsp3) is 0. The zero-order valence-corrected chi connectivity index (χ0v) is 3.99. The molecule has 0 atom stereocenters. The van der Waals surface area contributed by atoms with E-state index in [9.17, 15) is 0 Å². The van der Waals surface area contributed by atoms with Gasteiger partial charge in [-0.3, -0.25) is 0 Å². The standard InChI is InChI=1S/CHNO.K.H2Se.H/c2-1-3;;;/h3H;;1H2;. The number of nitriles is 1. The Hall–Kier alpha value is 1.45. The molecule has 0 saturated heterocycles.